The third-order valence-corrected chi connectivity index (χ3v) is 9.11. The number of allylic oxidation sites excluding steroid dienone is 2. The molecular formula is C35H27ClN2O5. The van der Waals surface area contributed by atoms with E-state index >= 15 is 0 Å². The van der Waals surface area contributed by atoms with Gasteiger partial charge >= 0.3 is 5.97 Å². The van der Waals surface area contributed by atoms with Crippen LogP contribution >= 0.6 is 11.6 Å². The fourth-order valence-corrected chi connectivity index (χ4v) is 6.85. The molecule has 0 spiro atoms. The smallest absolute Gasteiger partial charge is 0.339 e. The zero-order valence-electron chi connectivity index (χ0n) is 23.5. The number of imide groups is 1. The maximum absolute atomic E-state index is 13.5. The van der Waals surface area contributed by atoms with Gasteiger partial charge in [-0.2, -0.15) is 0 Å². The Morgan fingerprint density at radius 3 is 2.21 bits per heavy atom. The third-order valence-electron chi connectivity index (χ3n) is 8.86. The van der Waals surface area contributed by atoms with Crippen molar-refractivity contribution in [2.75, 3.05) is 4.90 Å². The van der Waals surface area contributed by atoms with Crippen molar-refractivity contribution in [3.8, 4) is 11.3 Å². The van der Waals surface area contributed by atoms with Crippen molar-refractivity contribution in [2.45, 2.75) is 26.4 Å². The lowest BCUT2D eigenvalue weighted by atomic mass is 9.85. The summed E-state index contributed by atoms with van der Waals surface area (Å²) in [5.74, 6) is -1.50. The van der Waals surface area contributed by atoms with Crippen LogP contribution < -0.4 is 4.90 Å². The van der Waals surface area contributed by atoms with Gasteiger partial charge in [-0.15, -0.1) is 0 Å². The molecule has 1 saturated heterocycles. The largest absolute Gasteiger partial charge is 0.451 e. The molecule has 7 nitrogen and oxygen atoms in total. The molecule has 7 rings (SSSR count). The lowest BCUT2D eigenvalue weighted by Gasteiger charge is -2.18. The molecule has 2 fully saturated rings. The quantitative estimate of drug-likeness (QED) is 0.109. The Balaban J connectivity index is 1.18. The van der Waals surface area contributed by atoms with Crippen LogP contribution in [0.5, 0.6) is 0 Å². The standard InChI is InChI=1S/C35H27ClN2O5/c1-18-3-14-28-26(15-18)27(35(42)43-19(2)32(39)21-6-10-24(36)11-7-21)17-29(37-28)20-8-12-25(13-9-20)38-33(40)30-22-4-5-23(16-22)31(30)34(38)41/h3-15,17,19,22-23,30-31H,16H2,1-2H3/t19-,22-,23-,30+,31+/m0/s1. The maximum atomic E-state index is 13.5. The van der Waals surface area contributed by atoms with Crippen molar-refractivity contribution in [1.29, 1.82) is 0 Å². The van der Waals surface area contributed by atoms with Crippen molar-refractivity contribution in [1.82, 2.24) is 4.98 Å². The average molecular weight is 591 g/mol. The van der Waals surface area contributed by atoms with E-state index in [9.17, 15) is 19.2 Å². The number of pyridine rings is 1. The predicted molar refractivity (Wildman–Crippen MR) is 163 cm³/mol. The first-order chi connectivity index (χ1) is 20.7. The number of rotatable bonds is 6. The number of ketones is 1. The van der Waals surface area contributed by atoms with Crippen molar-refractivity contribution in [2.24, 2.45) is 23.7 Å². The molecule has 2 amide bonds. The molecule has 214 valence electrons. The second-order valence-electron chi connectivity index (χ2n) is 11.6. The van der Waals surface area contributed by atoms with Crippen molar-refractivity contribution >= 4 is 51.8 Å². The Kier molecular flexibility index (Phi) is 6.51. The highest BCUT2D eigenvalue weighted by atomic mass is 35.5. The number of nitrogens with zero attached hydrogens (tertiary/aromatic N) is 2. The van der Waals surface area contributed by atoms with Crippen LogP contribution in [-0.2, 0) is 14.3 Å². The summed E-state index contributed by atoms with van der Waals surface area (Å²) < 4.78 is 5.65. The summed E-state index contributed by atoms with van der Waals surface area (Å²) in [6.45, 7) is 3.46. The molecule has 1 saturated carbocycles. The van der Waals surface area contributed by atoms with Gasteiger partial charge in [0.05, 0.1) is 34.3 Å². The van der Waals surface area contributed by atoms with Crippen LogP contribution in [0.1, 0.15) is 39.6 Å². The molecule has 2 heterocycles. The molecule has 3 aromatic carbocycles. The lowest BCUT2D eigenvalue weighted by molar-refractivity contribution is -0.123. The number of carbonyl (C=O) groups is 4. The zero-order valence-corrected chi connectivity index (χ0v) is 24.2. The van der Waals surface area contributed by atoms with Gasteiger partial charge in [-0.1, -0.05) is 47.5 Å². The number of carbonyl (C=O) groups excluding carboxylic acids is 4. The summed E-state index contributed by atoms with van der Waals surface area (Å²) in [6.07, 6.45) is 4.01. The second kappa shape index (κ2) is 10.3. The summed E-state index contributed by atoms with van der Waals surface area (Å²) >= 11 is 5.94. The Morgan fingerprint density at radius 1 is 0.907 bits per heavy atom. The molecule has 4 aromatic rings. The van der Waals surface area contributed by atoms with Gasteiger partial charge in [-0.25, -0.2) is 9.78 Å². The SMILES string of the molecule is Cc1ccc2nc(-c3ccc(N4C(=O)[C@H]5[C@H](C4=O)[C@H]4C=C[C@H]5C4)cc3)cc(C(=O)O[C@@H](C)C(=O)c3ccc(Cl)cc3)c2c1. The van der Waals surface area contributed by atoms with Crippen LogP contribution in [0.15, 0.2) is 84.9 Å². The fourth-order valence-electron chi connectivity index (χ4n) is 6.72. The molecule has 1 aromatic heterocycles. The molecule has 43 heavy (non-hydrogen) atoms. The summed E-state index contributed by atoms with van der Waals surface area (Å²) in [5.41, 5.74) is 3.96. The van der Waals surface area contributed by atoms with E-state index in [0.29, 0.717) is 38.4 Å². The third kappa shape index (κ3) is 4.55. The molecule has 0 radical (unpaired) electrons. The molecule has 1 aliphatic heterocycles. The Bertz CT molecular complexity index is 1830. The van der Waals surface area contributed by atoms with Gasteiger partial charge in [0.1, 0.15) is 0 Å². The van der Waals surface area contributed by atoms with Crippen LogP contribution in [0.4, 0.5) is 5.69 Å². The summed E-state index contributed by atoms with van der Waals surface area (Å²) in [4.78, 5) is 59.1. The number of hydrogen-bond acceptors (Lipinski definition) is 6. The summed E-state index contributed by atoms with van der Waals surface area (Å²) in [5, 5.41) is 1.12. The highest BCUT2D eigenvalue weighted by Crippen LogP contribution is 2.53. The number of benzene rings is 3. The van der Waals surface area contributed by atoms with Crippen molar-refractivity contribution in [3.05, 3.63) is 107 Å². The number of aromatic nitrogens is 1. The number of ether oxygens (including phenoxy) is 1. The number of hydrogen-bond donors (Lipinski definition) is 0. The van der Waals surface area contributed by atoms with E-state index in [0.717, 1.165) is 12.0 Å². The molecular weight excluding hydrogens is 564 g/mol. The number of anilines is 1. The van der Waals surface area contributed by atoms with Crippen molar-refractivity contribution in [3.63, 3.8) is 0 Å². The van der Waals surface area contributed by atoms with Crippen LogP contribution in [-0.4, -0.2) is 34.7 Å². The molecule has 3 aliphatic rings. The van der Waals surface area contributed by atoms with E-state index in [1.165, 1.54) is 4.90 Å². The Hall–Kier alpha value is -4.62. The second-order valence-corrected chi connectivity index (χ2v) is 12.0. The first kappa shape index (κ1) is 27.2. The van der Waals surface area contributed by atoms with E-state index in [2.05, 4.69) is 12.2 Å². The predicted octanol–water partition coefficient (Wildman–Crippen LogP) is 6.60. The van der Waals surface area contributed by atoms with E-state index in [1.807, 2.05) is 25.1 Å². The van der Waals surface area contributed by atoms with Crippen LogP contribution in [0.2, 0.25) is 5.02 Å². The van der Waals surface area contributed by atoms with E-state index in [1.54, 1.807) is 61.5 Å². The number of fused-ring (bicyclic) bond motifs is 6. The number of aryl methyl sites for hydroxylation is 1. The minimum Gasteiger partial charge on any atom is -0.451 e. The zero-order chi connectivity index (χ0) is 30.0. The molecule has 2 bridgehead atoms. The van der Waals surface area contributed by atoms with Crippen LogP contribution in [0.3, 0.4) is 0 Å². The van der Waals surface area contributed by atoms with Gasteiger partial charge in [0, 0.05) is 21.5 Å². The number of halogens is 1. The van der Waals surface area contributed by atoms with Gasteiger partial charge in [0.25, 0.3) is 0 Å². The molecule has 5 atom stereocenters. The van der Waals surface area contributed by atoms with E-state index < -0.39 is 12.1 Å². The topological polar surface area (TPSA) is 93.6 Å². The number of amides is 2. The first-order valence-electron chi connectivity index (χ1n) is 14.3. The molecule has 0 unspecified atom stereocenters. The Labute approximate surface area is 253 Å². The van der Waals surface area contributed by atoms with Gasteiger partial charge < -0.3 is 4.74 Å². The number of Topliss-reactive ketones (excluding diaryl/α,β-unsaturated/α-hetero) is 1. The Morgan fingerprint density at radius 2 is 1.56 bits per heavy atom. The average Bonchev–Trinajstić information content (AvgIpc) is 3.70. The molecule has 0 N–H and O–H groups in total. The minimum atomic E-state index is -1.02. The normalized spacial score (nSPS) is 22.7. The fraction of sp³-hybridized carbons (Fsp3) is 0.229. The number of esters is 1. The van der Waals surface area contributed by atoms with E-state index in [4.69, 9.17) is 21.3 Å². The van der Waals surface area contributed by atoms with Gasteiger partial charge in [0.2, 0.25) is 17.6 Å². The minimum absolute atomic E-state index is 0.133. The van der Waals surface area contributed by atoms with Crippen molar-refractivity contribution < 1.29 is 23.9 Å². The first-order valence-corrected chi connectivity index (χ1v) is 14.7. The van der Waals surface area contributed by atoms with Gasteiger partial charge in [0.15, 0.2) is 6.10 Å². The van der Waals surface area contributed by atoms with E-state index in [-0.39, 0.29) is 46.8 Å². The molecule has 8 heteroatoms. The lowest BCUT2D eigenvalue weighted by Crippen LogP contribution is -2.32. The van der Waals surface area contributed by atoms with Gasteiger partial charge in [-0.3, -0.25) is 19.3 Å². The van der Waals surface area contributed by atoms with Crippen LogP contribution in [0.25, 0.3) is 22.2 Å². The summed E-state index contributed by atoms with van der Waals surface area (Å²) in [6, 6.07) is 20.8. The van der Waals surface area contributed by atoms with Gasteiger partial charge in [-0.05, 0) is 86.7 Å². The molecule has 2 aliphatic carbocycles. The maximum Gasteiger partial charge on any atom is 0.339 e. The van der Waals surface area contributed by atoms with Crippen LogP contribution in [0, 0.1) is 30.6 Å². The highest BCUT2D eigenvalue weighted by Gasteiger charge is 2.59. The highest BCUT2D eigenvalue weighted by molar-refractivity contribution is 6.30. The monoisotopic (exact) mass is 590 g/mol. The summed E-state index contributed by atoms with van der Waals surface area (Å²) in [7, 11) is 0.